The van der Waals surface area contributed by atoms with Crippen LogP contribution in [0.5, 0.6) is 5.88 Å². The Bertz CT molecular complexity index is 1110. The minimum absolute atomic E-state index is 0.0266. The van der Waals surface area contributed by atoms with Crippen molar-refractivity contribution in [1.29, 1.82) is 0 Å². The third-order valence-electron chi connectivity index (χ3n) is 6.24. The number of aliphatic hydroxyl groups is 1. The molecule has 3 heterocycles. The van der Waals surface area contributed by atoms with Crippen LogP contribution in [-0.4, -0.2) is 78.4 Å². The van der Waals surface area contributed by atoms with Crippen LogP contribution in [0, 0.1) is 0 Å². The van der Waals surface area contributed by atoms with E-state index in [1.807, 2.05) is 14.1 Å². The van der Waals surface area contributed by atoms with Crippen molar-refractivity contribution in [3.63, 3.8) is 0 Å². The molecule has 1 saturated heterocycles. The molecule has 35 heavy (non-hydrogen) atoms. The number of carbonyl (C=O) groups is 2. The number of nitrogens with one attached hydrogen (secondary N) is 2. The number of nitrogens with zero attached hydrogens (tertiary/aromatic N) is 3. The summed E-state index contributed by atoms with van der Waals surface area (Å²) in [5.41, 5.74) is 0.937. The van der Waals surface area contributed by atoms with Crippen molar-refractivity contribution >= 4 is 23.2 Å². The molecule has 0 bridgehead atoms. The smallest absolute Gasteiger partial charge is 0.274 e. The first-order valence-electron chi connectivity index (χ1n) is 11.7. The van der Waals surface area contributed by atoms with Crippen LogP contribution in [0.3, 0.4) is 0 Å². The highest BCUT2D eigenvalue weighted by atomic mass is 19.1. The quantitative estimate of drug-likeness (QED) is 0.526. The zero-order valence-corrected chi connectivity index (χ0v) is 20.5. The average Bonchev–Trinajstić information content (AvgIpc) is 3.40. The second kappa shape index (κ2) is 9.79. The molecule has 2 amide bonds. The Kier molecular flexibility index (Phi) is 6.95. The summed E-state index contributed by atoms with van der Waals surface area (Å²) in [6.45, 7) is 4.36. The Morgan fingerprint density at radius 2 is 2.17 bits per heavy atom. The first kappa shape index (κ1) is 24.9. The van der Waals surface area contributed by atoms with Crippen molar-refractivity contribution in [3.05, 3.63) is 47.2 Å². The maximum Gasteiger partial charge on any atom is 0.274 e. The van der Waals surface area contributed by atoms with Crippen molar-refractivity contribution in [3.8, 4) is 5.88 Å². The van der Waals surface area contributed by atoms with E-state index in [1.54, 1.807) is 35.2 Å². The first-order valence-corrected chi connectivity index (χ1v) is 11.7. The molecule has 1 aromatic heterocycles. The lowest BCUT2D eigenvalue weighted by atomic mass is 10.0. The highest BCUT2D eigenvalue weighted by Crippen LogP contribution is 2.34. The van der Waals surface area contributed by atoms with Gasteiger partial charge in [-0.1, -0.05) is 6.07 Å². The molecule has 2 aromatic rings. The van der Waals surface area contributed by atoms with Crippen LogP contribution in [0.25, 0.3) is 0 Å². The van der Waals surface area contributed by atoms with Crippen molar-refractivity contribution in [2.45, 2.75) is 44.7 Å². The van der Waals surface area contributed by atoms with Crippen molar-refractivity contribution in [1.82, 2.24) is 15.2 Å². The van der Waals surface area contributed by atoms with Crippen LogP contribution in [0.2, 0.25) is 0 Å². The Morgan fingerprint density at radius 1 is 1.40 bits per heavy atom. The molecular formula is C25H32FN5O4. The van der Waals surface area contributed by atoms with E-state index in [2.05, 4.69) is 15.6 Å². The van der Waals surface area contributed by atoms with E-state index in [-0.39, 0.29) is 30.8 Å². The van der Waals surface area contributed by atoms with Crippen LogP contribution in [0.1, 0.15) is 46.7 Å². The van der Waals surface area contributed by atoms with Gasteiger partial charge in [-0.25, -0.2) is 9.37 Å². The first-order chi connectivity index (χ1) is 16.5. The fourth-order valence-electron chi connectivity index (χ4n) is 4.14. The van der Waals surface area contributed by atoms with Gasteiger partial charge in [-0.15, -0.1) is 0 Å². The van der Waals surface area contributed by atoms with Gasteiger partial charge in [0.1, 0.15) is 18.0 Å². The molecule has 0 aliphatic carbocycles. The summed E-state index contributed by atoms with van der Waals surface area (Å²) in [7, 11) is 3.62. The summed E-state index contributed by atoms with van der Waals surface area (Å²) >= 11 is 0. The topological polar surface area (TPSA) is 107 Å². The highest BCUT2D eigenvalue weighted by Gasteiger charge is 2.35. The van der Waals surface area contributed by atoms with Crippen LogP contribution in [0.4, 0.5) is 15.8 Å². The molecule has 2 aliphatic heterocycles. The molecule has 2 atom stereocenters. The summed E-state index contributed by atoms with van der Waals surface area (Å²) in [5, 5.41) is 16.1. The number of fused-ring (bicyclic) bond motifs is 1. The van der Waals surface area contributed by atoms with Crippen molar-refractivity contribution in [2.75, 3.05) is 43.9 Å². The van der Waals surface area contributed by atoms with E-state index in [0.29, 0.717) is 28.4 Å². The number of halogens is 1. The lowest BCUT2D eigenvalue weighted by Gasteiger charge is -2.26. The van der Waals surface area contributed by atoms with Gasteiger partial charge in [-0.05, 0) is 50.6 Å². The third-order valence-corrected chi connectivity index (χ3v) is 6.24. The molecule has 0 saturated carbocycles. The van der Waals surface area contributed by atoms with Crippen LogP contribution in [0.15, 0.2) is 30.3 Å². The minimum Gasteiger partial charge on any atom is -0.473 e. The fourth-order valence-corrected chi connectivity index (χ4v) is 4.14. The molecule has 9 nitrogen and oxygen atoms in total. The normalized spacial score (nSPS) is 18.4. The predicted molar refractivity (Wildman–Crippen MR) is 131 cm³/mol. The third kappa shape index (κ3) is 5.54. The van der Waals surface area contributed by atoms with Crippen LogP contribution < -0.4 is 20.3 Å². The number of rotatable bonds is 8. The molecule has 3 N–H and O–H groups in total. The summed E-state index contributed by atoms with van der Waals surface area (Å²) in [5.74, 6) is -0.321. The molecule has 0 spiro atoms. The number of pyridine rings is 1. The lowest BCUT2D eigenvalue weighted by molar-refractivity contribution is -0.0159. The van der Waals surface area contributed by atoms with Gasteiger partial charge >= 0.3 is 0 Å². The summed E-state index contributed by atoms with van der Waals surface area (Å²) in [6, 6.07) is 8.50. The van der Waals surface area contributed by atoms with E-state index < -0.39 is 17.7 Å². The lowest BCUT2D eigenvalue weighted by Crippen LogP contribution is -2.42. The number of hydrogen-bond acceptors (Lipinski definition) is 7. The molecule has 10 heteroatoms. The van der Waals surface area contributed by atoms with Crippen LogP contribution >= 0.6 is 0 Å². The van der Waals surface area contributed by atoms with Gasteiger partial charge in [-0.3, -0.25) is 9.59 Å². The fraction of sp³-hybridized carbons (Fsp3) is 0.480. The number of amides is 2. The SMILES string of the molecule is CN(C)c1cc2c(cc1NC(=O)c1cccc(OC3CCNC3)n1)CN(C[C@@H](F)C(C)(C)O)C2=O. The molecule has 188 valence electrons. The van der Waals surface area contributed by atoms with E-state index in [4.69, 9.17) is 4.74 Å². The maximum atomic E-state index is 14.4. The van der Waals surface area contributed by atoms with Gasteiger partial charge < -0.3 is 30.3 Å². The molecule has 1 fully saturated rings. The maximum absolute atomic E-state index is 14.4. The zero-order chi connectivity index (χ0) is 25.3. The standard InChI is InChI=1S/C25H32FN5O4/c1-25(2,34)21(26)14-31-13-15-10-19(20(30(3)4)11-17(15)24(31)33)29-23(32)18-6-5-7-22(28-18)35-16-8-9-27-12-16/h5-7,10-11,16,21,27,34H,8-9,12-14H2,1-4H3,(H,29,32)/t16?,21-/m1/s1. The number of anilines is 2. The van der Waals surface area contributed by atoms with Gasteiger partial charge in [0.25, 0.3) is 11.8 Å². The minimum atomic E-state index is -1.59. The monoisotopic (exact) mass is 485 g/mol. The number of benzene rings is 1. The van der Waals surface area contributed by atoms with Gasteiger partial charge in [0.05, 0.1) is 23.5 Å². The second-order valence-corrected chi connectivity index (χ2v) is 9.78. The van der Waals surface area contributed by atoms with Gasteiger partial charge in [-0.2, -0.15) is 0 Å². The van der Waals surface area contributed by atoms with Crippen LogP contribution in [-0.2, 0) is 6.54 Å². The number of ether oxygens (including phenoxy) is 1. The van der Waals surface area contributed by atoms with E-state index in [9.17, 15) is 19.1 Å². The van der Waals surface area contributed by atoms with Crippen molar-refractivity contribution in [2.24, 2.45) is 0 Å². The van der Waals surface area contributed by atoms with E-state index in [0.717, 1.165) is 19.5 Å². The number of aromatic nitrogens is 1. The van der Waals surface area contributed by atoms with Gasteiger partial charge in [0, 0.05) is 38.8 Å². The Balaban J connectivity index is 1.54. The summed E-state index contributed by atoms with van der Waals surface area (Å²) in [6.07, 6.45) is -0.679. The largest absolute Gasteiger partial charge is 0.473 e. The Labute approximate surface area is 204 Å². The number of alkyl halides is 1. The molecule has 1 unspecified atom stereocenters. The van der Waals surface area contributed by atoms with Crippen molar-refractivity contribution < 1.29 is 23.8 Å². The molecule has 1 aromatic carbocycles. The Hall–Kier alpha value is -3.24. The van der Waals surface area contributed by atoms with E-state index >= 15 is 0 Å². The molecule has 2 aliphatic rings. The van der Waals surface area contributed by atoms with E-state index in [1.165, 1.54) is 18.7 Å². The summed E-state index contributed by atoms with van der Waals surface area (Å²) < 4.78 is 20.3. The second-order valence-electron chi connectivity index (χ2n) is 9.78. The molecular weight excluding hydrogens is 453 g/mol. The summed E-state index contributed by atoms with van der Waals surface area (Å²) in [4.78, 5) is 33.5. The zero-order valence-electron chi connectivity index (χ0n) is 20.5. The Morgan fingerprint density at radius 3 is 2.83 bits per heavy atom. The number of carbonyl (C=O) groups excluding carboxylic acids is 2. The molecule has 0 radical (unpaired) electrons. The number of hydrogen-bond donors (Lipinski definition) is 3. The van der Waals surface area contributed by atoms with Gasteiger partial charge in [0.2, 0.25) is 5.88 Å². The highest BCUT2D eigenvalue weighted by molar-refractivity contribution is 6.06. The van der Waals surface area contributed by atoms with Gasteiger partial charge in [0.15, 0.2) is 0 Å². The predicted octanol–water partition coefficient (Wildman–Crippen LogP) is 2.21. The average molecular weight is 486 g/mol. The molecule has 4 rings (SSSR count).